The second kappa shape index (κ2) is 4.59. The van der Waals surface area contributed by atoms with Crippen LogP contribution >= 0.6 is 0 Å². The maximum Gasteiger partial charge on any atom is 0.178 e. The number of allylic oxidation sites excluding steroid dienone is 2. The van der Waals surface area contributed by atoms with E-state index in [0.717, 1.165) is 19.3 Å². The molecule has 1 saturated heterocycles. The highest BCUT2D eigenvalue weighted by Gasteiger charge is 2.81. The minimum absolute atomic E-state index is 0.0523. The third-order valence-electron chi connectivity index (χ3n) is 9.00. The van der Waals surface area contributed by atoms with E-state index in [2.05, 4.69) is 26.8 Å². The second-order valence-corrected chi connectivity index (χ2v) is 9.86. The first kappa shape index (κ1) is 16.9. The van der Waals surface area contributed by atoms with Gasteiger partial charge in [0.25, 0.3) is 0 Å². The molecule has 0 aromatic carbocycles. The Hall–Kier alpha value is -1.26. The Morgan fingerprint density at radius 3 is 2.73 bits per heavy atom. The monoisotopic (exact) mass is 356 g/mol. The van der Waals surface area contributed by atoms with Crippen molar-refractivity contribution in [3.8, 4) is 0 Å². The number of hydrogen-bond acceptors (Lipinski definition) is 4. The predicted molar refractivity (Wildman–Crippen MR) is 96.3 cm³/mol. The van der Waals surface area contributed by atoms with Crippen molar-refractivity contribution in [3.63, 3.8) is 0 Å². The first-order valence-electron chi connectivity index (χ1n) is 9.97. The Labute approximate surface area is 154 Å². The van der Waals surface area contributed by atoms with Crippen LogP contribution in [0.15, 0.2) is 23.8 Å². The van der Waals surface area contributed by atoms with E-state index >= 15 is 0 Å². The summed E-state index contributed by atoms with van der Waals surface area (Å²) in [7, 11) is 0. The molecule has 4 heteroatoms. The van der Waals surface area contributed by atoms with Crippen LogP contribution in [-0.4, -0.2) is 34.0 Å². The van der Waals surface area contributed by atoms with Crippen LogP contribution in [-0.2, 0) is 14.3 Å². The molecule has 8 atom stereocenters. The van der Waals surface area contributed by atoms with Crippen LogP contribution in [0.3, 0.4) is 0 Å². The van der Waals surface area contributed by atoms with Gasteiger partial charge >= 0.3 is 0 Å². The normalized spacial score (nSPS) is 56.8. The molecule has 26 heavy (non-hydrogen) atoms. The largest absolute Gasteiger partial charge is 0.382 e. The van der Waals surface area contributed by atoms with Crippen LogP contribution in [0.5, 0.6) is 0 Å². The summed E-state index contributed by atoms with van der Waals surface area (Å²) in [5, 5.41) is 11.3. The molecule has 0 radical (unpaired) electrons. The topological polar surface area (TPSA) is 66.9 Å². The fraction of sp³-hybridized carbons (Fsp3) is 0.727. The van der Waals surface area contributed by atoms with Crippen LogP contribution in [0.1, 0.15) is 53.4 Å². The number of carbonyl (C=O) groups excluding carboxylic acids is 2. The van der Waals surface area contributed by atoms with E-state index in [1.807, 2.05) is 6.08 Å². The van der Waals surface area contributed by atoms with Gasteiger partial charge in [0.05, 0.1) is 6.10 Å². The van der Waals surface area contributed by atoms with Crippen molar-refractivity contribution < 1.29 is 19.4 Å². The van der Waals surface area contributed by atoms with Gasteiger partial charge < -0.3 is 9.84 Å². The summed E-state index contributed by atoms with van der Waals surface area (Å²) in [5.74, 6) is 0.873. The highest BCUT2D eigenvalue weighted by molar-refractivity contribution is 6.01. The fourth-order valence-corrected chi connectivity index (χ4v) is 7.62. The van der Waals surface area contributed by atoms with Crippen molar-refractivity contribution in [2.45, 2.75) is 70.7 Å². The summed E-state index contributed by atoms with van der Waals surface area (Å²) in [6.07, 6.45) is 8.77. The average Bonchev–Trinajstić information content (AvgIpc) is 3.23. The zero-order valence-corrected chi connectivity index (χ0v) is 16.0. The third kappa shape index (κ3) is 1.57. The summed E-state index contributed by atoms with van der Waals surface area (Å²) >= 11 is 0. The standard InChI is InChI=1S/C22H28O4/c1-12-9-17-15-6-8-21(25,13(2)23)20(15,4)11-18-22(17,26-18)19(3)7-5-14(24)10-16(12)19/h5,7,10,12,15,17-18,25H,6,8-9,11H2,1-4H3/t12-,15-,17-,18+,19-,20-,21-,22+/m0/s1. The number of carbonyl (C=O) groups is 2. The van der Waals surface area contributed by atoms with Gasteiger partial charge in [-0.25, -0.2) is 0 Å². The van der Waals surface area contributed by atoms with Crippen LogP contribution in [0, 0.1) is 28.6 Å². The maximum absolute atomic E-state index is 12.3. The quantitative estimate of drug-likeness (QED) is 0.734. The number of ether oxygens (including phenoxy) is 1. The summed E-state index contributed by atoms with van der Waals surface area (Å²) in [4.78, 5) is 24.4. The summed E-state index contributed by atoms with van der Waals surface area (Å²) in [6.45, 7) is 8.07. The number of hydrogen-bond donors (Lipinski definition) is 1. The molecule has 3 saturated carbocycles. The number of Topliss-reactive ketones (excluding diaryl/α,β-unsaturated/α-hetero) is 1. The van der Waals surface area contributed by atoms with Gasteiger partial charge in [0, 0.05) is 10.8 Å². The van der Waals surface area contributed by atoms with Gasteiger partial charge in [0.1, 0.15) is 11.2 Å². The van der Waals surface area contributed by atoms with Gasteiger partial charge in [-0.1, -0.05) is 25.5 Å². The Morgan fingerprint density at radius 1 is 1.31 bits per heavy atom. The molecule has 0 aromatic rings. The molecule has 1 N–H and O–H groups in total. The molecule has 1 aliphatic heterocycles. The summed E-state index contributed by atoms with van der Waals surface area (Å²) < 4.78 is 6.47. The Bertz CT molecular complexity index is 796. The molecule has 0 amide bonds. The Kier molecular flexibility index (Phi) is 2.98. The lowest BCUT2D eigenvalue weighted by Crippen LogP contribution is -2.61. The predicted octanol–water partition coefficient (Wildman–Crippen LogP) is 2.99. The van der Waals surface area contributed by atoms with Gasteiger partial charge in [0.15, 0.2) is 11.6 Å². The van der Waals surface area contributed by atoms with Crippen LogP contribution in [0.4, 0.5) is 0 Å². The molecule has 0 unspecified atom stereocenters. The van der Waals surface area contributed by atoms with E-state index in [1.165, 1.54) is 12.5 Å². The summed E-state index contributed by atoms with van der Waals surface area (Å²) in [5.41, 5.74) is -0.971. The Morgan fingerprint density at radius 2 is 2.04 bits per heavy atom. The lowest BCUT2D eigenvalue weighted by atomic mass is 9.45. The number of fused-ring (bicyclic) bond motifs is 3. The van der Waals surface area contributed by atoms with Crippen LogP contribution in [0.2, 0.25) is 0 Å². The smallest absolute Gasteiger partial charge is 0.178 e. The lowest BCUT2D eigenvalue weighted by Gasteiger charge is -2.57. The van der Waals surface area contributed by atoms with E-state index in [-0.39, 0.29) is 34.6 Å². The van der Waals surface area contributed by atoms with Crippen molar-refractivity contribution >= 4 is 11.6 Å². The molecule has 5 aliphatic rings. The molecule has 4 aliphatic carbocycles. The minimum atomic E-state index is -1.23. The van der Waals surface area contributed by atoms with Crippen molar-refractivity contribution in [2.24, 2.45) is 28.6 Å². The molecule has 0 aromatic heterocycles. The van der Waals surface area contributed by atoms with Crippen molar-refractivity contribution in [1.82, 2.24) is 0 Å². The van der Waals surface area contributed by atoms with E-state index < -0.39 is 11.0 Å². The zero-order chi connectivity index (χ0) is 18.7. The van der Waals surface area contributed by atoms with Crippen molar-refractivity contribution in [1.29, 1.82) is 0 Å². The first-order valence-corrected chi connectivity index (χ1v) is 9.97. The van der Waals surface area contributed by atoms with Gasteiger partial charge in [-0.2, -0.15) is 0 Å². The SMILES string of the molecule is CC(=O)[C@@]1(O)CC[C@H]2[C@@H]3C[C@H](C)C4=CC(=O)C=C[C@]4(C)[C@@]34O[C@@H]4C[C@@]21C. The van der Waals surface area contributed by atoms with E-state index in [9.17, 15) is 14.7 Å². The Balaban J connectivity index is 1.63. The molecule has 1 heterocycles. The second-order valence-electron chi connectivity index (χ2n) is 9.86. The molecule has 140 valence electrons. The maximum atomic E-state index is 12.3. The van der Waals surface area contributed by atoms with Crippen LogP contribution in [0.25, 0.3) is 0 Å². The van der Waals surface area contributed by atoms with Gasteiger partial charge in [-0.05, 0) is 69.4 Å². The fourth-order valence-electron chi connectivity index (χ4n) is 7.62. The van der Waals surface area contributed by atoms with Gasteiger partial charge in [-0.15, -0.1) is 0 Å². The lowest BCUT2D eigenvalue weighted by molar-refractivity contribution is -0.155. The minimum Gasteiger partial charge on any atom is -0.382 e. The van der Waals surface area contributed by atoms with Crippen molar-refractivity contribution in [2.75, 3.05) is 0 Å². The van der Waals surface area contributed by atoms with E-state index in [1.54, 1.807) is 6.08 Å². The van der Waals surface area contributed by atoms with E-state index in [4.69, 9.17) is 4.74 Å². The number of rotatable bonds is 1. The number of aliphatic hydroxyl groups is 1. The highest BCUT2D eigenvalue weighted by Crippen LogP contribution is 2.76. The third-order valence-corrected chi connectivity index (χ3v) is 9.00. The molecule has 1 spiro atoms. The van der Waals surface area contributed by atoms with Gasteiger partial charge in [0.2, 0.25) is 0 Å². The zero-order valence-electron chi connectivity index (χ0n) is 16.0. The van der Waals surface area contributed by atoms with Crippen LogP contribution < -0.4 is 0 Å². The highest BCUT2D eigenvalue weighted by atomic mass is 16.6. The summed E-state index contributed by atoms with van der Waals surface area (Å²) in [6, 6.07) is 0. The van der Waals surface area contributed by atoms with Gasteiger partial charge in [-0.3, -0.25) is 9.59 Å². The first-order chi connectivity index (χ1) is 12.1. The van der Waals surface area contributed by atoms with Crippen molar-refractivity contribution in [3.05, 3.63) is 23.8 Å². The number of epoxide rings is 1. The molecule has 4 fully saturated rings. The molecule has 0 bridgehead atoms. The average molecular weight is 356 g/mol. The molecule has 5 rings (SSSR count). The molecular formula is C22H28O4. The van der Waals surface area contributed by atoms with E-state index in [0.29, 0.717) is 18.3 Å². The molecular weight excluding hydrogens is 328 g/mol. The molecule has 4 nitrogen and oxygen atoms in total. The number of ketones is 2.